The molecule has 89 heavy (non-hydrogen) atoms. The van der Waals surface area contributed by atoms with E-state index in [4.69, 9.17) is 20.6 Å². The molecule has 5 N–H and O–H groups in total. The zero-order valence-electron chi connectivity index (χ0n) is 50.1. The smallest absolute Gasteiger partial charge is 0.317 e. The van der Waals surface area contributed by atoms with Gasteiger partial charge < -0.3 is 45.1 Å². The molecule has 3 saturated heterocycles. The zero-order chi connectivity index (χ0) is 64.3. The van der Waals surface area contributed by atoms with Crippen molar-refractivity contribution in [3.05, 3.63) is 69.4 Å². The number of halogens is 3. The highest BCUT2D eigenvalue weighted by atomic mass is 127. The lowest BCUT2D eigenvalue weighted by molar-refractivity contribution is -0.140. The van der Waals surface area contributed by atoms with Crippen molar-refractivity contribution in [3.8, 4) is 18.1 Å². The fourth-order valence-electron chi connectivity index (χ4n) is 10.8. The summed E-state index contributed by atoms with van der Waals surface area (Å²) < 4.78 is 45.2. The van der Waals surface area contributed by atoms with Crippen molar-refractivity contribution in [2.24, 2.45) is 5.92 Å². The summed E-state index contributed by atoms with van der Waals surface area (Å²) in [6.45, 7) is 3.78. The van der Waals surface area contributed by atoms with E-state index in [1.807, 2.05) is 34.1 Å². The SMILES string of the molecule is C#C[C@H]1CC(F)(F)CN1C(=O)CNC(=O)c1ccnc2ccc(OCCCC3CCN(C(=O)CC(=O)NC(=O)[C@H](CC[C@@H](C)NC(=O)CCCc4ccc(I)cc4)NC(=O)CN4CCN(COC=O)CCN(COC=O)CCN(CC(=O)O)CC4)CC3)cc12. The molecule has 28 heteroatoms. The van der Waals surface area contributed by atoms with Gasteiger partial charge in [0.25, 0.3) is 24.8 Å². The number of pyridine rings is 1. The molecule has 0 radical (unpaired) electrons. The summed E-state index contributed by atoms with van der Waals surface area (Å²) in [5, 5.41) is 20.7. The normalized spacial score (nSPS) is 18.0. The Morgan fingerprint density at radius 1 is 0.798 bits per heavy atom. The number of carbonyl (C=O) groups is 10. The third-order valence-electron chi connectivity index (χ3n) is 15.7. The molecule has 3 aromatic rings. The Balaban J connectivity index is 0.996. The van der Waals surface area contributed by atoms with Crippen molar-refractivity contribution in [3.63, 3.8) is 0 Å². The van der Waals surface area contributed by atoms with Gasteiger partial charge in [-0.3, -0.25) is 77.8 Å². The molecule has 0 aliphatic carbocycles. The molecule has 25 nitrogen and oxygen atoms in total. The van der Waals surface area contributed by atoms with Gasteiger partial charge in [0, 0.05) is 99.5 Å². The Labute approximate surface area is 529 Å². The average Bonchev–Trinajstić information content (AvgIpc) is 2.87. The highest BCUT2D eigenvalue weighted by Crippen LogP contribution is 2.32. The van der Waals surface area contributed by atoms with Crippen molar-refractivity contribution >= 4 is 93.8 Å². The predicted molar refractivity (Wildman–Crippen MR) is 328 cm³/mol. The van der Waals surface area contributed by atoms with Crippen molar-refractivity contribution < 1.29 is 76.0 Å². The van der Waals surface area contributed by atoms with Crippen LogP contribution >= 0.6 is 22.6 Å². The molecule has 1 aromatic heterocycles. The van der Waals surface area contributed by atoms with Crippen molar-refractivity contribution in [2.45, 2.75) is 102 Å². The minimum Gasteiger partial charge on any atom is -0.494 e. The fourth-order valence-corrected chi connectivity index (χ4v) is 11.2. The summed E-state index contributed by atoms with van der Waals surface area (Å²) in [6, 6.07) is 11.8. The van der Waals surface area contributed by atoms with Crippen LogP contribution in [-0.4, -0.2) is 235 Å². The monoisotopic (exact) mass is 1360 g/mol. The number of piperidine rings is 1. The van der Waals surface area contributed by atoms with E-state index in [2.05, 4.69) is 54.8 Å². The number of ether oxygens (including phenoxy) is 3. The number of carboxylic acids is 1. The number of carboxylic acid groups (broad SMARTS) is 1. The lowest BCUT2D eigenvalue weighted by Crippen LogP contribution is -2.53. The van der Waals surface area contributed by atoms with Gasteiger partial charge in [0.15, 0.2) is 0 Å². The van der Waals surface area contributed by atoms with Crippen LogP contribution in [0.3, 0.4) is 0 Å². The molecular formula is C61H80F2IN11O14. The molecular weight excluding hydrogens is 1280 g/mol. The lowest BCUT2D eigenvalue weighted by atomic mass is 9.92. The summed E-state index contributed by atoms with van der Waals surface area (Å²) in [4.78, 5) is 142. The summed E-state index contributed by atoms with van der Waals surface area (Å²) in [5.74, 6) is -5.54. The number of benzene rings is 2. The number of hydrogen-bond donors (Lipinski definition) is 5. The third kappa shape index (κ3) is 24.5. The second kappa shape index (κ2) is 36.3. The van der Waals surface area contributed by atoms with Gasteiger partial charge in [0.05, 0.1) is 49.9 Å². The van der Waals surface area contributed by atoms with Crippen LogP contribution in [0, 0.1) is 21.8 Å². The summed E-state index contributed by atoms with van der Waals surface area (Å²) in [6.07, 6.45) is 10.1. The molecule has 484 valence electrons. The van der Waals surface area contributed by atoms with Crippen LogP contribution in [0.25, 0.3) is 10.9 Å². The number of aliphatic carboxylic acids is 1. The summed E-state index contributed by atoms with van der Waals surface area (Å²) in [5.41, 5.74) is 1.80. The van der Waals surface area contributed by atoms with E-state index in [1.54, 1.807) is 39.8 Å². The number of nitrogens with zero attached hydrogens (tertiary/aromatic N) is 7. The quantitative estimate of drug-likeness (QED) is 0.0210. The van der Waals surface area contributed by atoms with Crippen LogP contribution in [0.1, 0.15) is 87.1 Å². The highest BCUT2D eigenvalue weighted by molar-refractivity contribution is 14.1. The van der Waals surface area contributed by atoms with E-state index in [0.717, 1.165) is 20.5 Å². The molecule has 3 atom stereocenters. The Morgan fingerprint density at radius 3 is 2.07 bits per heavy atom. The number of hydrogen-bond acceptors (Lipinski definition) is 18. The predicted octanol–water partition coefficient (Wildman–Crippen LogP) is 2.23. The van der Waals surface area contributed by atoms with Gasteiger partial charge in [-0.05, 0) is 129 Å². The van der Waals surface area contributed by atoms with Crippen LogP contribution in [0.15, 0.2) is 54.7 Å². The Bertz CT molecular complexity index is 2950. The van der Waals surface area contributed by atoms with Gasteiger partial charge >= 0.3 is 5.97 Å². The molecule has 3 fully saturated rings. The second-order valence-corrected chi connectivity index (χ2v) is 23.7. The highest BCUT2D eigenvalue weighted by Gasteiger charge is 2.46. The third-order valence-corrected chi connectivity index (χ3v) is 16.5. The molecule has 4 heterocycles. The average molecular weight is 1360 g/mol. The van der Waals surface area contributed by atoms with Gasteiger partial charge in [0.2, 0.25) is 35.4 Å². The number of likely N-dealkylation sites (tertiary alicyclic amines) is 2. The van der Waals surface area contributed by atoms with E-state index in [-0.39, 0.29) is 89.4 Å². The van der Waals surface area contributed by atoms with E-state index in [9.17, 15) is 61.8 Å². The maximum atomic E-state index is 14.0. The van der Waals surface area contributed by atoms with Crippen LogP contribution in [0.5, 0.6) is 5.75 Å². The van der Waals surface area contributed by atoms with Gasteiger partial charge in [-0.2, -0.15) is 0 Å². The summed E-state index contributed by atoms with van der Waals surface area (Å²) >= 11 is 2.23. The van der Waals surface area contributed by atoms with E-state index < -0.39 is 91.4 Å². The first-order valence-electron chi connectivity index (χ1n) is 29.8. The number of carbonyl (C=O) groups excluding carboxylic acids is 9. The van der Waals surface area contributed by atoms with Crippen molar-refractivity contribution in [2.75, 3.05) is 112 Å². The van der Waals surface area contributed by atoms with Crippen LogP contribution in [0.2, 0.25) is 0 Å². The van der Waals surface area contributed by atoms with E-state index >= 15 is 0 Å². The summed E-state index contributed by atoms with van der Waals surface area (Å²) in [7, 11) is 0. The van der Waals surface area contributed by atoms with Gasteiger partial charge in [0.1, 0.15) is 31.7 Å². The Morgan fingerprint density at radius 2 is 1.44 bits per heavy atom. The Hall–Kier alpha value is -7.46. The molecule has 3 aliphatic rings. The molecule has 7 amide bonds. The molecule has 0 spiro atoms. The molecule has 0 unspecified atom stereocenters. The number of imide groups is 1. The van der Waals surface area contributed by atoms with Crippen LogP contribution < -0.4 is 26.0 Å². The van der Waals surface area contributed by atoms with Crippen LogP contribution in [-0.2, 0) is 59.0 Å². The second-order valence-electron chi connectivity index (χ2n) is 22.5. The minimum atomic E-state index is -3.11. The maximum absolute atomic E-state index is 14.0. The minimum absolute atomic E-state index is 0.00324. The first kappa shape index (κ1) is 70.6. The Kier molecular flexibility index (Phi) is 28.8. The standard InChI is InChI=1S/C61H80F2IN11O14/c1-3-47-34-61(62,63)38-75(47)57(82)35-66-59(85)49-17-20-65-51-16-14-48(32-50(49)51)89-31-5-7-45-18-21-74(22-19-45)56(81)33-54(79)69-60(86)52(15-9-43(2)67-53(78)8-4-6-44-10-12-46(64)13-11-44)68-55(80)36-70-23-24-71(37-58(83)84)26-28-73(40-88-42-77)30-29-72(27-25-70)39-87-41-76/h1,10-14,16-17,20,32,41-43,45,47,52H,4-9,15,18-19,21-31,33-40H2,2H3,(H,66,85)(H,67,78)(H,68,80)(H,83,84)(H,69,79,86)/t43-,47+,52+/m1/s1. The number of amides is 7. The first-order valence-corrected chi connectivity index (χ1v) is 30.9. The van der Waals surface area contributed by atoms with Crippen LogP contribution in [0.4, 0.5) is 8.78 Å². The number of nitrogens with one attached hydrogen (secondary N) is 4. The topological polar surface area (TPSA) is 299 Å². The van der Waals surface area contributed by atoms with E-state index in [0.29, 0.717) is 108 Å². The number of terminal acetylenes is 1. The van der Waals surface area contributed by atoms with Gasteiger partial charge in [-0.15, -0.1) is 6.42 Å². The molecule has 0 bridgehead atoms. The van der Waals surface area contributed by atoms with Crippen molar-refractivity contribution in [1.82, 2.24) is 55.7 Å². The maximum Gasteiger partial charge on any atom is 0.317 e. The largest absolute Gasteiger partial charge is 0.494 e. The van der Waals surface area contributed by atoms with E-state index in [1.165, 1.54) is 12.3 Å². The number of fused-ring (bicyclic) bond motifs is 1. The zero-order valence-corrected chi connectivity index (χ0v) is 52.2. The fraction of sp³-hybridized carbons (Fsp3) is 0.557. The molecule has 2 aromatic carbocycles. The first-order chi connectivity index (χ1) is 42.7. The number of aromatic nitrogens is 1. The molecule has 6 rings (SSSR count). The molecule has 0 saturated carbocycles. The number of alkyl halides is 2. The van der Waals surface area contributed by atoms with Gasteiger partial charge in [-0.1, -0.05) is 18.1 Å². The lowest BCUT2D eigenvalue weighted by Gasteiger charge is -2.33. The molecule has 3 aliphatic heterocycles. The van der Waals surface area contributed by atoms with Crippen molar-refractivity contribution in [1.29, 1.82) is 0 Å². The number of aryl methyl sites for hydroxylation is 1. The number of rotatable bonds is 30. The van der Waals surface area contributed by atoms with Gasteiger partial charge in [-0.25, -0.2) is 8.78 Å².